The fraction of sp³-hybridized carbons (Fsp3) is 0.300. The minimum atomic E-state index is -0.235. The normalized spacial score (nSPS) is 16.0. The van der Waals surface area contributed by atoms with Gasteiger partial charge in [-0.3, -0.25) is 24.4 Å². The summed E-state index contributed by atoms with van der Waals surface area (Å²) >= 11 is 0. The van der Waals surface area contributed by atoms with Crippen LogP contribution in [-0.4, -0.2) is 70.8 Å². The second-order valence-corrected chi connectivity index (χ2v) is 9.64. The van der Waals surface area contributed by atoms with Gasteiger partial charge in [0.2, 0.25) is 11.8 Å². The second-order valence-electron chi connectivity index (χ2n) is 9.64. The fourth-order valence-corrected chi connectivity index (χ4v) is 5.01. The van der Waals surface area contributed by atoms with E-state index < -0.39 is 0 Å². The highest BCUT2D eigenvalue weighted by Crippen LogP contribution is 2.28. The third kappa shape index (κ3) is 8.59. The molecule has 40 heavy (non-hydrogen) atoms. The standard InChI is InChI=1S/C30H31FN4O2.3ClH/c31-26-10-8-24(9-11-26)28-7-2-1-5-25(28)19-23-12-15-33(16-13-23)17-18-35-29(36)21-34(22-30(35)37)20-27-6-3-4-14-32-27;;;/h1-11,14,19H,12-13,15-18,20-22H2;3*1H. The van der Waals surface area contributed by atoms with Gasteiger partial charge in [-0.1, -0.05) is 54.1 Å². The Morgan fingerprint density at radius 2 is 1.43 bits per heavy atom. The van der Waals surface area contributed by atoms with Gasteiger partial charge < -0.3 is 4.90 Å². The molecule has 0 spiro atoms. The molecule has 5 rings (SSSR count). The first-order chi connectivity index (χ1) is 18.0. The molecule has 2 saturated heterocycles. The Morgan fingerprint density at radius 3 is 2.08 bits per heavy atom. The summed E-state index contributed by atoms with van der Waals surface area (Å²) in [5, 5.41) is 0. The Kier molecular flexibility index (Phi) is 13.2. The smallest absolute Gasteiger partial charge is 0.243 e. The van der Waals surface area contributed by atoms with Crippen LogP contribution in [0.1, 0.15) is 24.1 Å². The molecule has 0 unspecified atom stereocenters. The van der Waals surface area contributed by atoms with E-state index in [0.717, 1.165) is 48.3 Å². The maximum absolute atomic E-state index is 13.4. The van der Waals surface area contributed by atoms with Crippen molar-refractivity contribution in [2.24, 2.45) is 0 Å². The van der Waals surface area contributed by atoms with Crippen LogP contribution in [0.5, 0.6) is 0 Å². The summed E-state index contributed by atoms with van der Waals surface area (Å²) in [6, 6.07) is 20.5. The van der Waals surface area contributed by atoms with Crippen molar-refractivity contribution in [1.82, 2.24) is 19.7 Å². The number of likely N-dealkylation sites (tertiary alicyclic amines) is 1. The lowest BCUT2D eigenvalue weighted by Gasteiger charge is -2.35. The molecule has 0 radical (unpaired) electrons. The summed E-state index contributed by atoms with van der Waals surface area (Å²) in [6.07, 6.45) is 5.86. The van der Waals surface area contributed by atoms with Crippen molar-refractivity contribution in [3.8, 4) is 11.1 Å². The van der Waals surface area contributed by atoms with Crippen LogP contribution in [-0.2, 0) is 16.1 Å². The highest BCUT2D eigenvalue weighted by atomic mass is 35.5. The molecule has 1 aromatic heterocycles. The molecule has 10 heteroatoms. The van der Waals surface area contributed by atoms with Crippen molar-refractivity contribution in [2.45, 2.75) is 19.4 Å². The number of carbonyl (C=O) groups excluding carboxylic acids is 2. The quantitative estimate of drug-likeness (QED) is 0.332. The zero-order chi connectivity index (χ0) is 25.6. The van der Waals surface area contributed by atoms with E-state index in [0.29, 0.717) is 19.6 Å². The van der Waals surface area contributed by atoms with Crippen molar-refractivity contribution in [3.05, 3.63) is 95.6 Å². The van der Waals surface area contributed by atoms with Gasteiger partial charge >= 0.3 is 0 Å². The number of piperidine rings is 1. The summed E-state index contributed by atoms with van der Waals surface area (Å²) in [7, 11) is 0. The van der Waals surface area contributed by atoms with Gasteiger partial charge in [-0.15, -0.1) is 37.2 Å². The number of halogens is 4. The summed E-state index contributed by atoms with van der Waals surface area (Å²) in [5.74, 6) is -0.508. The SMILES string of the molecule is Cl.Cl.Cl.O=C1CN(Cc2ccccn2)CC(=O)N1CCN1CCC(=Cc2ccccc2-c2ccc(F)cc2)CC1. The summed E-state index contributed by atoms with van der Waals surface area (Å²) < 4.78 is 13.4. The van der Waals surface area contributed by atoms with Gasteiger partial charge in [-0.05, 0) is 53.8 Å². The summed E-state index contributed by atoms with van der Waals surface area (Å²) in [4.78, 5) is 35.3. The first-order valence-electron chi connectivity index (χ1n) is 12.8. The van der Waals surface area contributed by atoms with Crippen molar-refractivity contribution in [1.29, 1.82) is 0 Å². The monoisotopic (exact) mass is 606 g/mol. The second kappa shape index (κ2) is 15.8. The van der Waals surface area contributed by atoms with Gasteiger partial charge in [0.1, 0.15) is 5.82 Å². The molecule has 2 amide bonds. The summed E-state index contributed by atoms with van der Waals surface area (Å²) in [5.41, 5.74) is 5.46. The predicted octanol–water partition coefficient (Wildman–Crippen LogP) is 5.50. The van der Waals surface area contributed by atoms with Crippen LogP contribution in [0.3, 0.4) is 0 Å². The van der Waals surface area contributed by atoms with Crippen molar-refractivity contribution in [2.75, 3.05) is 39.3 Å². The molecule has 2 aliphatic rings. The van der Waals surface area contributed by atoms with E-state index in [-0.39, 0.29) is 67.9 Å². The molecule has 214 valence electrons. The van der Waals surface area contributed by atoms with E-state index in [9.17, 15) is 14.0 Å². The number of carbonyl (C=O) groups is 2. The molecule has 3 aromatic rings. The molecule has 0 saturated carbocycles. The van der Waals surface area contributed by atoms with Crippen LogP contribution in [0.15, 0.2) is 78.5 Å². The van der Waals surface area contributed by atoms with E-state index in [1.54, 1.807) is 6.20 Å². The van der Waals surface area contributed by atoms with Gasteiger partial charge in [0.05, 0.1) is 18.8 Å². The molecular weight excluding hydrogens is 574 g/mol. The third-order valence-electron chi connectivity index (χ3n) is 7.05. The van der Waals surface area contributed by atoms with Crippen LogP contribution in [0, 0.1) is 5.82 Å². The zero-order valence-corrected chi connectivity index (χ0v) is 24.5. The minimum absolute atomic E-state index is 0. The van der Waals surface area contributed by atoms with E-state index >= 15 is 0 Å². The van der Waals surface area contributed by atoms with Crippen LogP contribution < -0.4 is 0 Å². The Hall–Kier alpha value is -2.81. The van der Waals surface area contributed by atoms with Crippen molar-refractivity contribution < 1.29 is 14.0 Å². The molecule has 0 aliphatic carbocycles. The van der Waals surface area contributed by atoms with Crippen molar-refractivity contribution in [3.63, 3.8) is 0 Å². The maximum atomic E-state index is 13.4. The van der Waals surface area contributed by atoms with Crippen LogP contribution in [0.2, 0.25) is 0 Å². The molecular formula is C30H34Cl3FN4O2. The molecule has 0 N–H and O–H groups in total. The zero-order valence-electron chi connectivity index (χ0n) is 22.1. The number of imide groups is 1. The van der Waals surface area contributed by atoms with Gasteiger partial charge in [0.15, 0.2) is 0 Å². The predicted molar refractivity (Wildman–Crippen MR) is 163 cm³/mol. The Balaban J connectivity index is 0.00000187. The molecule has 3 heterocycles. The minimum Gasteiger partial charge on any atom is -0.301 e. The summed E-state index contributed by atoms with van der Waals surface area (Å²) in [6.45, 7) is 3.89. The number of aromatic nitrogens is 1. The van der Waals surface area contributed by atoms with Crippen LogP contribution >= 0.6 is 37.2 Å². The first-order valence-corrected chi connectivity index (χ1v) is 12.8. The van der Waals surface area contributed by atoms with Gasteiger partial charge in [-0.25, -0.2) is 4.39 Å². The number of nitrogens with zero attached hydrogens (tertiary/aromatic N) is 4. The number of hydrogen-bond donors (Lipinski definition) is 0. The average Bonchev–Trinajstić information content (AvgIpc) is 2.91. The number of benzene rings is 2. The van der Waals surface area contributed by atoms with Gasteiger partial charge in [0.25, 0.3) is 0 Å². The Labute approximate surface area is 253 Å². The molecule has 2 aliphatic heterocycles. The molecule has 2 aromatic carbocycles. The lowest BCUT2D eigenvalue weighted by Crippen LogP contribution is -2.55. The number of rotatable bonds is 7. The van der Waals surface area contributed by atoms with Crippen molar-refractivity contribution >= 4 is 55.1 Å². The topological polar surface area (TPSA) is 56.8 Å². The van der Waals surface area contributed by atoms with E-state index in [1.165, 1.54) is 22.6 Å². The van der Waals surface area contributed by atoms with Crippen LogP contribution in [0.4, 0.5) is 4.39 Å². The van der Waals surface area contributed by atoms with Gasteiger partial charge in [0, 0.05) is 38.9 Å². The fourth-order valence-electron chi connectivity index (χ4n) is 5.01. The molecule has 0 atom stereocenters. The molecule has 0 bridgehead atoms. The highest BCUT2D eigenvalue weighted by molar-refractivity contribution is 5.99. The number of piperazine rings is 1. The Bertz CT molecular complexity index is 1260. The lowest BCUT2D eigenvalue weighted by atomic mass is 9.95. The van der Waals surface area contributed by atoms with E-state index in [4.69, 9.17) is 0 Å². The lowest BCUT2D eigenvalue weighted by molar-refractivity contribution is -0.151. The molecule has 6 nitrogen and oxygen atoms in total. The molecule has 2 fully saturated rings. The average molecular weight is 608 g/mol. The van der Waals surface area contributed by atoms with E-state index in [2.05, 4.69) is 28.1 Å². The number of pyridine rings is 1. The largest absolute Gasteiger partial charge is 0.301 e. The van der Waals surface area contributed by atoms with E-state index in [1.807, 2.05) is 47.4 Å². The first kappa shape index (κ1) is 33.4. The third-order valence-corrected chi connectivity index (χ3v) is 7.05. The van der Waals surface area contributed by atoms with Crippen LogP contribution in [0.25, 0.3) is 17.2 Å². The Morgan fingerprint density at radius 1 is 0.775 bits per heavy atom. The van der Waals surface area contributed by atoms with Gasteiger partial charge in [-0.2, -0.15) is 0 Å². The number of amides is 2. The number of hydrogen-bond acceptors (Lipinski definition) is 5. The highest BCUT2D eigenvalue weighted by Gasteiger charge is 2.31. The maximum Gasteiger partial charge on any atom is 0.243 e.